The van der Waals surface area contributed by atoms with E-state index in [0.29, 0.717) is 25.9 Å². The predicted octanol–water partition coefficient (Wildman–Crippen LogP) is 4.99. The average Bonchev–Trinajstić information content (AvgIpc) is 3.24. The van der Waals surface area contributed by atoms with Crippen molar-refractivity contribution < 1.29 is 19.4 Å². The van der Waals surface area contributed by atoms with E-state index in [0.717, 1.165) is 55.4 Å². The van der Waals surface area contributed by atoms with Crippen LogP contribution in [0, 0.1) is 5.41 Å². The number of rotatable bonds is 7. The van der Waals surface area contributed by atoms with E-state index in [1.165, 1.54) is 28.8 Å². The Hall–Kier alpha value is -3.19. The number of hydrogen-bond donors (Lipinski definition) is 1. The summed E-state index contributed by atoms with van der Waals surface area (Å²) in [6.45, 7) is 5.51. The van der Waals surface area contributed by atoms with Crippen molar-refractivity contribution in [3.05, 3.63) is 64.7 Å². The zero-order valence-electron chi connectivity index (χ0n) is 23.1. The summed E-state index contributed by atoms with van der Waals surface area (Å²) in [4.78, 5) is 33.8. The summed E-state index contributed by atoms with van der Waals surface area (Å²) in [6, 6.07) is 12.8. The highest BCUT2D eigenvalue weighted by atomic mass is 16.6. The van der Waals surface area contributed by atoms with E-state index in [-0.39, 0.29) is 30.5 Å². The second-order valence-corrected chi connectivity index (χ2v) is 12.0. The molecule has 1 N–H and O–H groups in total. The van der Waals surface area contributed by atoms with Gasteiger partial charge in [-0.2, -0.15) is 0 Å². The topological polar surface area (TPSA) is 84.7 Å². The first-order chi connectivity index (χ1) is 18.9. The molecular formula is C32H39N3O4. The van der Waals surface area contributed by atoms with Crippen LogP contribution in [0.1, 0.15) is 73.8 Å². The second kappa shape index (κ2) is 10.4. The lowest BCUT2D eigenvalue weighted by atomic mass is 9.61. The van der Waals surface area contributed by atoms with Crippen molar-refractivity contribution in [2.24, 2.45) is 5.41 Å². The van der Waals surface area contributed by atoms with Crippen molar-refractivity contribution in [3.63, 3.8) is 0 Å². The number of aromatic nitrogens is 2. The Morgan fingerprint density at radius 2 is 1.87 bits per heavy atom. The maximum atomic E-state index is 14.4. The van der Waals surface area contributed by atoms with Crippen molar-refractivity contribution in [2.45, 2.75) is 83.8 Å². The van der Waals surface area contributed by atoms with Gasteiger partial charge in [0, 0.05) is 38.4 Å². The van der Waals surface area contributed by atoms with Gasteiger partial charge < -0.3 is 19.3 Å². The summed E-state index contributed by atoms with van der Waals surface area (Å²) >= 11 is 0. The highest BCUT2D eigenvalue weighted by Gasteiger charge is 2.56. The zero-order chi connectivity index (χ0) is 27.1. The molecule has 0 bridgehead atoms. The number of likely N-dealkylation sites (tertiary alicyclic amines) is 1. The van der Waals surface area contributed by atoms with Gasteiger partial charge in [0.15, 0.2) is 5.78 Å². The molecule has 0 radical (unpaired) electrons. The van der Waals surface area contributed by atoms with Gasteiger partial charge in [-0.25, -0.2) is 9.78 Å². The third kappa shape index (κ3) is 4.75. The van der Waals surface area contributed by atoms with E-state index in [1.807, 2.05) is 19.9 Å². The van der Waals surface area contributed by atoms with Gasteiger partial charge in [0.25, 0.3) is 0 Å². The van der Waals surface area contributed by atoms with Gasteiger partial charge in [-0.1, -0.05) is 36.4 Å². The first kappa shape index (κ1) is 26.1. The molecule has 39 heavy (non-hydrogen) atoms. The lowest BCUT2D eigenvalue weighted by Crippen LogP contribution is -2.65. The Bertz CT molecular complexity index is 1400. The van der Waals surface area contributed by atoms with Crippen molar-refractivity contribution in [1.29, 1.82) is 0 Å². The maximum absolute atomic E-state index is 14.4. The van der Waals surface area contributed by atoms with E-state index >= 15 is 0 Å². The molecular weight excluding hydrogens is 490 g/mol. The fourth-order valence-electron chi connectivity index (χ4n) is 6.95. The molecule has 0 saturated carbocycles. The van der Waals surface area contributed by atoms with Crippen LogP contribution in [0.15, 0.2) is 36.4 Å². The summed E-state index contributed by atoms with van der Waals surface area (Å²) in [6.07, 6.45) is 6.68. The number of aryl methyl sites for hydroxylation is 1. The quantitative estimate of drug-likeness (QED) is 0.436. The normalized spacial score (nSPS) is 19.7. The number of carbonyl (C=O) groups excluding carboxylic acids is 2. The lowest BCUT2D eigenvalue weighted by Gasteiger charge is -2.52. The van der Waals surface area contributed by atoms with Crippen molar-refractivity contribution in [2.75, 3.05) is 19.7 Å². The van der Waals surface area contributed by atoms with Gasteiger partial charge in [-0.15, -0.1) is 0 Å². The predicted molar refractivity (Wildman–Crippen MR) is 150 cm³/mol. The van der Waals surface area contributed by atoms with Crippen LogP contribution >= 0.6 is 0 Å². The van der Waals surface area contributed by atoms with E-state index in [2.05, 4.69) is 34.9 Å². The number of ketones is 1. The third-order valence-electron chi connectivity index (χ3n) is 8.82. The van der Waals surface area contributed by atoms with Gasteiger partial charge >= 0.3 is 6.09 Å². The molecule has 2 heterocycles. The first-order valence-corrected chi connectivity index (χ1v) is 14.6. The minimum atomic E-state index is -0.579. The Balaban J connectivity index is 1.37. The fourth-order valence-corrected chi connectivity index (χ4v) is 6.95. The number of amides is 1. The molecule has 1 aromatic heterocycles. The van der Waals surface area contributed by atoms with Gasteiger partial charge in [0.05, 0.1) is 23.1 Å². The number of hydrogen-bond acceptors (Lipinski definition) is 5. The number of fused-ring (bicyclic) bond motifs is 3. The van der Waals surface area contributed by atoms with Crippen LogP contribution in [-0.2, 0) is 41.8 Å². The molecule has 6 rings (SSSR count). The second-order valence-electron chi connectivity index (χ2n) is 12.0. The number of unbranched alkanes of at least 4 members (excludes halogenated alkanes) is 1. The molecule has 7 nitrogen and oxygen atoms in total. The summed E-state index contributed by atoms with van der Waals surface area (Å²) in [5, 5.41) is 11.7. The third-order valence-corrected chi connectivity index (χ3v) is 8.82. The summed E-state index contributed by atoms with van der Waals surface area (Å²) < 4.78 is 7.78. The smallest absolute Gasteiger partial charge is 0.410 e. The maximum Gasteiger partial charge on any atom is 0.410 e. The Kier molecular flexibility index (Phi) is 6.96. The molecule has 1 fully saturated rings. The number of aliphatic hydroxyl groups is 1. The fraction of sp³-hybridized carbons (Fsp3) is 0.531. The number of aliphatic hydroxyl groups excluding tert-OH is 1. The zero-order valence-corrected chi connectivity index (χ0v) is 23.1. The summed E-state index contributed by atoms with van der Waals surface area (Å²) in [5.41, 5.74) is 4.23. The number of nitrogens with zero attached hydrogens (tertiary/aromatic N) is 3. The van der Waals surface area contributed by atoms with Crippen LogP contribution < -0.4 is 0 Å². The Morgan fingerprint density at radius 1 is 1.13 bits per heavy atom. The highest BCUT2D eigenvalue weighted by molar-refractivity contribution is 5.98. The SMILES string of the molecule is CC(C)OC(=O)N1CC2(Cc3cc4ccccc4cc3C(Cc3nc4c(n3CCCCO)CCCC4)C2=O)C1. The molecule has 206 valence electrons. The van der Waals surface area contributed by atoms with Crippen molar-refractivity contribution in [3.8, 4) is 0 Å². The summed E-state index contributed by atoms with van der Waals surface area (Å²) in [7, 11) is 0. The van der Waals surface area contributed by atoms with Crippen LogP contribution in [-0.4, -0.2) is 57.2 Å². The number of carbonyl (C=O) groups is 2. The Morgan fingerprint density at radius 3 is 2.62 bits per heavy atom. The standard InChI is InChI=1S/C32H39N3O4/c1-21(2)39-31(38)34-19-32(20-34)18-24-15-22-9-3-4-10-23(22)16-25(24)26(30(32)37)17-29-33-27-11-5-6-12-28(27)35(29)13-7-8-14-36/h3-4,9-10,15-16,21,26,36H,5-8,11-14,17-20H2,1-2H3. The van der Waals surface area contributed by atoms with E-state index in [1.54, 1.807) is 4.90 Å². The van der Waals surface area contributed by atoms with E-state index in [9.17, 15) is 14.7 Å². The van der Waals surface area contributed by atoms with E-state index < -0.39 is 5.41 Å². The van der Waals surface area contributed by atoms with Crippen LogP contribution in [0.3, 0.4) is 0 Å². The molecule has 7 heteroatoms. The molecule has 2 aliphatic carbocycles. The van der Waals surface area contributed by atoms with Gasteiger partial charge in [0.2, 0.25) is 0 Å². The molecule has 3 aromatic rings. The summed E-state index contributed by atoms with van der Waals surface area (Å²) in [5.74, 6) is 0.911. The number of benzene rings is 2. The van der Waals surface area contributed by atoms with Crippen LogP contribution in [0.5, 0.6) is 0 Å². The van der Waals surface area contributed by atoms with Gasteiger partial charge in [-0.3, -0.25) is 4.79 Å². The number of imidazole rings is 1. The highest BCUT2D eigenvalue weighted by Crippen LogP contribution is 2.47. The largest absolute Gasteiger partial charge is 0.447 e. The lowest BCUT2D eigenvalue weighted by molar-refractivity contribution is -0.140. The average molecular weight is 530 g/mol. The molecule has 3 aliphatic rings. The molecule has 1 atom stereocenters. The van der Waals surface area contributed by atoms with Crippen molar-refractivity contribution in [1.82, 2.24) is 14.5 Å². The number of ether oxygens (including phenoxy) is 1. The van der Waals surface area contributed by atoms with Crippen LogP contribution in [0.4, 0.5) is 4.79 Å². The number of Topliss-reactive ketones (excluding diaryl/α,β-unsaturated/α-hetero) is 1. The molecule has 1 spiro atoms. The van der Waals surface area contributed by atoms with Gasteiger partial charge in [0.1, 0.15) is 5.82 Å². The van der Waals surface area contributed by atoms with Gasteiger partial charge in [-0.05, 0) is 80.7 Å². The molecule has 1 unspecified atom stereocenters. The minimum absolute atomic E-state index is 0.187. The van der Waals surface area contributed by atoms with Crippen LogP contribution in [0.25, 0.3) is 10.8 Å². The van der Waals surface area contributed by atoms with E-state index in [4.69, 9.17) is 9.72 Å². The molecule has 1 amide bonds. The molecule has 1 saturated heterocycles. The van der Waals surface area contributed by atoms with Crippen molar-refractivity contribution >= 4 is 22.6 Å². The molecule has 2 aromatic carbocycles. The molecule has 1 aliphatic heterocycles. The Labute approximate surface area is 230 Å². The van der Waals surface area contributed by atoms with Crippen LogP contribution in [0.2, 0.25) is 0 Å². The minimum Gasteiger partial charge on any atom is -0.447 e. The monoisotopic (exact) mass is 529 g/mol. The first-order valence-electron chi connectivity index (χ1n) is 14.6.